The molecule has 0 bridgehead atoms. The van der Waals surface area contributed by atoms with Crippen LogP contribution in [0.2, 0.25) is 0 Å². The Hall–Kier alpha value is -0.480. The quantitative estimate of drug-likeness (QED) is 0.801. The molecular formula is C10H13BrN2O4S2. The summed E-state index contributed by atoms with van der Waals surface area (Å²) in [4.78, 5) is 11.8. The van der Waals surface area contributed by atoms with Crippen molar-refractivity contribution >= 4 is 43.3 Å². The van der Waals surface area contributed by atoms with Gasteiger partial charge in [0.1, 0.15) is 9.77 Å². The molecule has 106 valence electrons. The van der Waals surface area contributed by atoms with Crippen LogP contribution in [0.3, 0.4) is 0 Å². The lowest BCUT2D eigenvalue weighted by molar-refractivity contribution is 0.0606. The highest BCUT2D eigenvalue weighted by molar-refractivity contribution is 9.11. The summed E-state index contributed by atoms with van der Waals surface area (Å²) in [5, 5.41) is 3.10. The molecule has 1 aromatic heterocycles. The zero-order valence-corrected chi connectivity index (χ0v) is 13.4. The van der Waals surface area contributed by atoms with E-state index in [-0.39, 0.29) is 9.77 Å². The first-order chi connectivity index (χ1) is 8.96. The average molecular weight is 369 g/mol. The molecule has 6 nitrogen and oxygen atoms in total. The van der Waals surface area contributed by atoms with E-state index in [4.69, 9.17) is 0 Å². The summed E-state index contributed by atoms with van der Waals surface area (Å²) in [6.45, 7) is 2.12. The molecular weight excluding hydrogens is 356 g/mol. The molecule has 2 rings (SSSR count). The fourth-order valence-electron chi connectivity index (χ4n) is 1.75. The summed E-state index contributed by atoms with van der Waals surface area (Å²) >= 11 is 4.26. The maximum absolute atomic E-state index is 12.5. The predicted octanol–water partition coefficient (Wildman–Crippen LogP) is 0.891. The molecule has 1 aromatic rings. The number of sulfonamides is 1. The Morgan fingerprint density at radius 2 is 2.11 bits per heavy atom. The Bertz CT molecular complexity index is 578. The molecule has 0 spiro atoms. The standard InChI is InChI=1S/C10H13BrN2O4S2/c1-17-10(14)7-6-8(9(11)18-7)19(15,16)13-4-2-12-3-5-13/h6,12H,2-5H2,1H3. The Balaban J connectivity index is 2.34. The number of piperazine rings is 1. The van der Waals surface area contributed by atoms with Crippen LogP contribution in [-0.4, -0.2) is 52.0 Å². The molecule has 1 aliphatic heterocycles. The molecule has 0 radical (unpaired) electrons. The van der Waals surface area contributed by atoms with Crippen molar-refractivity contribution in [3.63, 3.8) is 0 Å². The first-order valence-corrected chi connectivity index (χ1v) is 8.60. The topological polar surface area (TPSA) is 75.7 Å². The van der Waals surface area contributed by atoms with Crippen molar-refractivity contribution in [1.82, 2.24) is 9.62 Å². The number of nitrogens with one attached hydrogen (secondary N) is 1. The SMILES string of the molecule is COC(=O)c1cc(S(=O)(=O)N2CCNCC2)c(Br)s1. The number of carbonyl (C=O) groups excluding carboxylic acids is 1. The fourth-order valence-corrected chi connectivity index (χ4v) is 5.63. The van der Waals surface area contributed by atoms with E-state index in [0.29, 0.717) is 30.0 Å². The second kappa shape index (κ2) is 5.88. The van der Waals surface area contributed by atoms with Crippen LogP contribution in [0.4, 0.5) is 0 Å². The monoisotopic (exact) mass is 368 g/mol. The lowest BCUT2D eigenvalue weighted by Gasteiger charge is -2.26. The lowest BCUT2D eigenvalue weighted by atomic mass is 10.4. The van der Waals surface area contributed by atoms with E-state index in [2.05, 4.69) is 26.0 Å². The van der Waals surface area contributed by atoms with E-state index < -0.39 is 16.0 Å². The van der Waals surface area contributed by atoms with E-state index in [1.807, 2.05) is 0 Å². The largest absolute Gasteiger partial charge is 0.465 e. The summed E-state index contributed by atoms with van der Waals surface area (Å²) in [6.07, 6.45) is 0. The van der Waals surface area contributed by atoms with E-state index in [0.717, 1.165) is 11.3 Å². The second-order valence-electron chi connectivity index (χ2n) is 3.89. The number of hydrogen-bond donors (Lipinski definition) is 1. The third-order valence-electron chi connectivity index (χ3n) is 2.74. The van der Waals surface area contributed by atoms with Gasteiger partial charge in [-0.15, -0.1) is 11.3 Å². The van der Waals surface area contributed by atoms with Crippen LogP contribution in [0.1, 0.15) is 9.67 Å². The second-order valence-corrected chi connectivity index (χ2v) is 8.17. The van der Waals surface area contributed by atoms with E-state index >= 15 is 0 Å². The number of thiophene rings is 1. The minimum absolute atomic E-state index is 0.125. The number of rotatable bonds is 3. The first kappa shape index (κ1) is 14.9. The van der Waals surface area contributed by atoms with Crippen molar-refractivity contribution in [1.29, 1.82) is 0 Å². The first-order valence-electron chi connectivity index (χ1n) is 5.55. The van der Waals surface area contributed by atoms with Gasteiger partial charge in [-0.1, -0.05) is 0 Å². The van der Waals surface area contributed by atoms with Gasteiger partial charge in [0.05, 0.1) is 10.9 Å². The van der Waals surface area contributed by atoms with Crippen molar-refractivity contribution in [2.24, 2.45) is 0 Å². The van der Waals surface area contributed by atoms with Crippen LogP contribution < -0.4 is 5.32 Å². The molecule has 0 atom stereocenters. The van der Waals surface area contributed by atoms with Crippen molar-refractivity contribution in [2.75, 3.05) is 33.3 Å². The highest BCUT2D eigenvalue weighted by Gasteiger charge is 2.30. The Labute approximate surface area is 123 Å². The summed E-state index contributed by atoms with van der Waals surface area (Å²) < 4.78 is 31.3. The van der Waals surface area contributed by atoms with Crippen molar-refractivity contribution in [3.8, 4) is 0 Å². The van der Waals surface area contributed by atoms with E-state index in [1.54, 1.807) is 0 Å². The highest BCUT2D eigenvalue weighted by atomic mass is 79.9. The van der Waals surface area contributed by atoms with Gasteiger partial charge in [-0.25, -0.2) is 13.2 Å². The zero-order chi connectivity index (χ0) is 14.0. The molecule has 0 aliphatic carbocycles. The van der Waals surface area contributed by atoms with Crippen molar-refractivity contribution in [2.45, 2.75) is 4.90 Å². The van der Waals surface area contributed by atoms with E-state index in [9.17, 15) is 13.2 Å². The lowest BCUT2D eigenvalue weighted by Crippen LogP contribution is -2.46. The molecule has 19 heavy (non-hydrogen) atoms. The molecule has 0 amide bonds. The number of hydrogen-bond acceptors (Lipinski definition) is 6. The van der Waals surface area contributed by atoms with Crippen LogP contribution in [0.5, 0.6) is 0 Å². The number of methoxy groups -OCH3 is 1. The van der Waals surface area contributed by atoms with Crippen LogP contribution in [0.15, 0.2) is 14.7 Å². The maximum Gasteiger partial charge on any atom is 0.348 e. The molecule has 0 unspecified atom stereocenters. The van der Waals surface area contributed by atoms with Gasteiger partial charge < -0.3 is 10.1 Å². The third kappa shape index (κ3) is 3.00. The highest BCUT2D eigenvalue weighted by Crippen LogP contribution is 2.33. The smallest absolute Gasteiger partial charge is 0.348 e. The minimum Gasteiger partial charge on any atom is -0.465 e. The number of carbonyl (C=O) groups is 1. The van der Waals surface area contributed by atoms with Gasteiger partial charge in [-0.3, -0.25) is 0 Å². The molecule has 0 aromatic carbocycles. The molecule has 1 N–H and O–H groups in total. The molecule has 2 heterocycles. The summed E-state index contributed by atoms with van der Waals surface area (Å²) in [7, 11) is -2.30. The number of esters is 1. The minimum atomic E-state index is -3.56. The number of halogens is 1. The predicted molar refractivity (Wildman–Crippen MR) is 75.0 cm³/mol. The number of ether oxygens (including phenoxy) is 1. The van der Waals surface area contributed by atoms with Crippen molar-refractivity contribution in [3.05, 3.63) is 14.7 Å². The van der Waals surface area contributed by atoms with Crippen LogP contribution in [0, 0.1) is 0 Å². The Morgan fingerprint density at radius 1 is 1.47 bits per heavy atom. The summed E-state index contributed by atoms with van der Waals surface area (Å²) in [5.74, 6) is -0.535. The van der Waals surface area contributed by atoms with Crippen LogP contribution in [-0.2, 0) is 14.8 Å². The van der Waals surface area contributed by atoms with Gasteiger partial charge in [0.2, 0.25) is 10.0 Å². The molecule has 1 aliphatic rings. The average Bonchev–Trinajstić information content (AvgIpc) is 2.81. The summed E-state index contributed by atoms with van der Waals surface area (Å²) in [5.41, 5.74) is 0. The molecule has 1 saturated heterocycles. The van der Waals surface area contributed by atoms with Crippen LogP contribution >= 0.6 is 27.3 Å². The molecule has 1 fully saturated rings. The summed E-state index contributed by atoms with van der Waals surface area (Å²) in [6, 6.07) is 1.36. The third-order valence-corrected chi connectivity index (χ3v) is 6.87. The zero-order valence-electron chi connectivity index (χ0n) is 10.2. The van der Waals surface area contributed by atoms with Gasteiger partial charge in [-0.05, 0) is 22.0 Å². The Morgan fingerprint density at radius 3 is 2.68 bits per heavy atom. The van der Waals surface area contributed by atoms with Crippen LogP contribution in [0.25, 0.3) is 0 Å². The van der Waals surface area contributed by atoms with Gasteiger partial charge >= 0.3 is 5.97 Å². The molecule has 9 heteroatoms. The Kier molecular flexibility index (Phi) is 4.62. The fraction of sp³-hybridized carbons (Fsp3) is 0.500. The molecule has 0 saturated carbocycles. The van der Waals surface area contributed by atoms with Gasteiger partial charge in [-0.2, -0.15) is 4.31 Å². The van der Waals surface area contributed by atoms with Gasteiger partial charge in [0.15, 0.2) is 0 Å². The number of nitrogens with zero attached hydrogens (tertiary/aromatic N) is 1. The van der Waals surface area contributed by atoms with E-state index in [1.165, 1.54) is 17.5 Å². The van der Waals surface area contributed by atoms with Gasteiger partial charge in [0, 0.05) is 26.2 Å². The maximum atomic E-state index is 12.5. The normalized spacial score (nSPS) is 17.4. The van der Waals surface area contributed by atoms with Crippen molar-refractivity contribution < 1.29 is 17.9 Å². The van der Waals surface area contributed by atoms with Gasteiger partial charge in [0.25, 0.3) is 0 Å².